The summed E-state index contributed by atoms with van der Waals surface area (Å²) in [5.41, 5.74) is 2.91. The topological polar surface area (TPSA) is 94.4 Å². The number of carbonyl (C=O) groups excluding carboxylic acids is 1. The number of fused-ring (bicyclic) bond motifs is 1. The molecule has 0 amide bonds. The minimum atomic E-state index is -0.844. The van der Waals surface area contributed by atoms with Crippen LogP contribution in [0.15, 0.2) is 76.8 Å². The number of allylic oxidation sites excluding steroid dienone is 3. The smallest absolute Gasteiger partial charge is 0.337 e. The molecule has 1 aliphatic rings. The fourth-order valence-electron chi connectivity index (χ4n) is 4.07. The van der Waals surface area contributed by atoms with Crippen molar-refractivity contribution < 1.29 is 14.5 Å². The number of ether oxygens (including phenoxy) is 1. The lowest BCUT2D eigenvalue weighted by Gasteiger charge is -2.26. The van der Waals surface area contributed by atoms with Gasteiger partial charge in [0.1, 0.15) is 5.92 Å². The maximum atomic E-state index is 13.3. The van der Waals surface area contributed by atoms with Gasteiger partial charge in [0.05, 0.1) is 22.8 Å². The second kappa shape index (κ2) is 8.92. The number of dihydropyridines is 1. The van der Waals surface area contributed by atoms with Gasteiger partial charge < -0.3 is 10.1 Å². The standard InChI is InChI=1S/C24H23N3O4S/c1-14(17-7-5-4-6-8-17)12-31-24(28)21-15(2)26-16(3)23(27(29)30)22(21)19-13-32-20-9-10-25-11-18(19)20/h4-11,13-14,22,26H,12H2,1-3H3. The summed E-state index contributed by atoms with van der Waals surface area (Å²) in [7, 11) is 0. The molecule has 3 heterocycles. The van der Waals surface area contributed by atoms with E-state index in [2.05, 4.69) is 10.3 Å². The highest BCUT2D eigenvalue weighted by Gasteiger charge is 2.42. The Morgan fingerprint density at radius 3 is 2.72 bits per heavy atom. The van der Waals surface area contributed by atoms with Gasteiger partial charge in [-0.05, 0) is 36.4 Å². The molecule has 0 spiro atoms. The van der Waals surface area contributed by atoms with E-state index in [4.69, 9.17) is 4.74 Å². The SMILES string of the molecule is CC1=C(C(=O)OCC(C)c2ccccc2)C(c2csc3ccncc23)C([N+](=O)[O-])=C(C)N1. The molecule has 32 heavy (non-hydrogen) atoms. The monoisotopic (exact) mass is 449 g/mol. The number of rotatable bonds is 6. The zero-order chi connectivity index (χ0) is 22.8. The van der Waals surface area contributed by atoms with Gasteiger partial charge in [-0.1, -0.05) is 37.3 Å². The van der Waals surface area contributed by atoms with Crippen LogP contribution in [0.5, 0.6) is 0 Å². The lowest BCUT2D eigenvalue weighted by atomic mass is 9.84. The number of nitrogens with one attached hydrogen (secondary N) is 1. The van der Waals surface area contributed by atoms with E-state index >= 15 is 0 Å². The number of aromatic nitrogens is 1. The Bertz CT molecular complexity index is 1250. The molecule has 8 heteroatoms. The quantitative estimate of drug-likeness (QED) is 0.319. The van der Waals surface area contributed by atoms with Gasteiger partial charge >= 0.3 is 5.97 Å². The summed E-state index contributed by atoms with van der Waals surface area (Å²) in [4.78, 5) is 29.1. The Hall–Kier alpha value is -3.52. The summed E-state index contributed by atoms with van der Waals surface area (Å²) in [6.45, 7) is 5.55. The highest BCUT2D eigenvalue weighted by Crippen LogP contribution is 2.43. The third-order valence-electron chi connectivity index (χ3n) is 5.69. The van der Waals surface area contributed by atoms with E-state index in [1.807, 2.05) is 48.7 Å². The van der Waals surface area contributed by atoms with Crippen LogP contribution in [0.2, 0.25) is 0 Å². The van der Waals surface area contributed by atoms with Crippen molar-refractivity contribution in [1.29, 1.82) is 0 Å². The molecule has 0 bridgehead atoms. The van der Waals surface area contributed by atoms with Crippen molar-refractivity contribution in [1.82, 2.24) is 10.3 Å². The number of hydrogen-bond acceptors (Lipinski definition) is 7. The van der Waals surface area contributed by atoms with Gasteiger partial charge in [0.15, 0.2) is 0 Å². The lowest BCUT2D eigenvalue weighted by molar-refractivity contribution is -0.431. The first-order valence-corrected chi connectivity index (χ1v) is 11.1. The maximum Gasteiger partial charge on any atom is 0.337 e. The second-order valence-electron chi connectivity index (χ2n) is 7.84. The molecule has 2 aromatic heterocycles. The zero-order valence-corrected chi connectivity index (χ0v) is 18.8. The van der Waals surface area contributed by atoms with Gasteiger partial charge in [0.2, 0.25) is 0 Å². The number of nitrogens with zero attached hydrogens (tertiary/aromatic N) is 2. The molecular weight excluding hydrogens is 426 g/mol. The van der Waals surface area contributed by atoms with Crippen LogP contribution in [0.4, 0.5) is 0 Å². The van der Waals surface area contributed by atoms with Crippen LogP contribution in [-0.2, 0) is 9.53 Å². The molecule has 1 N–H and O–H groups in total. The molecule has 1 aromatic carbocycles. The van der Waals surface area contributed by atoms with Crippen LogP contribution in [0, 0.1) is 10.1 Å². The number of benzene rings is 1. The molecule has 0 saturated heterocycles. The van der Waals surface area contributed by atoms with Gasteiger partial charge in [-0.3, -0.25) is 15.1 Å². The maximum absolute atomic E-state index is 13.3. The number of thiophene rings is 1. The fraction of sp³-hybridized carbons (Fsp3) is 0.250. The molecule has 1 aliphatic heterocycles. The molecule has 0 aliphatic carbocycles. The second-order valence-corrected chi connectivity index (χ2v) is 8.75. The number of nitro groups is 1. The molecule has 2 unspecified atom stereocenters. The van der Waals surface area contributed by atoms with Crippen LogP contribution in [0.1, 0.15) is 43.7 Å². The minimum Gasteiger partial charge on any atom is -0.462 e. The highest BCUT2D eigenvalue weighted by atomic mass is 32.1. The highest BCUT2D eigenvalue weighted by molar-refractivity contribution is 7.17. The van der Waals surface area contributed by atoms with Crippen LogP contribution >= 0.6 is 11.3 Å². The van der Waals surface area contributed by atoms with E-state index in [9.17, 15) is 14.9 Å². The summed E-state index contributed by atoms with van der Waals surface area (Å²) >= 11 is 1.47. The van der Waals surface area contributed by atoms with Crippen LogP contribution in [-0.4, -0.2) is 22.5 Å². The van der Waals surface area contributed by atoms with Gasteiger partial charge in [0.25, 0.3) is 5.70 Å². The summed E-state index contributed by atoms with van der Waals surface area (Å²) in [6.07, 6.45) is 3.37. The summed E-state index contributed by atoms with van der Waals surface area (Å²) < 4.78 is 6.63. The average Bonchev–Trinajstić information content (AvgIpc) is 3.21. The Labute approximate surface area is 189 Å². The van der Waals surface area contributed by atoms with Gasteiger partial charge in [-0.25, -0.2) is 4.79 Å². The van der Waals surface area contributed by atoms with Crippen molar-refractivity contribution in [3.8, 4) is 0 Å². The van der Waals surface area contributed by atoms with Crippen LogP contribution in [0.3, 0.4) is 0 Å². The molecule has 3 aromatic rings. The Morgan fingerprint density at radius 1 is 1.25 bits per heavy atom. The molecule has 4 rings (SSSR count). The van der Waals surface area contributed by atoms with Crippen molar-refractivity contribution in [2.24, 2.45) is 0 Å². The molecule has 2 atom stereocenters. The summed E-state index contributed by atoms with van der Waals surface area (Å²) in [5, 5.41) is 17.7. The van der Waals surface area contributed by atoms with Crippen molar-refractivity contribution in [3.05, 3.63) is 98.1 Å². The van der Waals surface area contributed by atoms with Gasteiger partial charge in [-0.2, -0.15) is 0 Å². The third-order valence-corrected chi connectivity index (χ3v) is 6.67. The average molecular weight is 450 g/mol. The molecule has 0 fully saturated rings. The van der Waals surface area contributed by atoms with E-state index in [1.165, 1.54) is 11.3 Å². The molecule has 0 saturated carbocycles. The van der Waals surface area contributed by atoms with Crippen molar-refractivity contribution in [2.75, 3.05) is 6.61 Å². The Morgan fingerprint density at radius 2 is 2.00 bits per heavy atom. The van der Waals surface area contributed by atoms with Crippen LogP contribution in [0.25, 0.3) is 10.1 Å². The number of hydrogen-bond donors (Lipinski definition) is 1. The fourth-order valence-corrected chi connectivity index (χ4v) is 5.02. The summed E-state index contributed by atoms with van der Waals surface area (Å²) in [5.74, 6) is -1.41. The normalized spacial score (nSPS) is 17.3. The largest absolute Gasteiger partial charge is 0.462 e. The van der Waals surface area contributed by atoms with E-state index in [0.29, 0.717) is 17.0 Å². The van der Waals surface area contributed by atoms with E-state index in [0.717, 1.165) is 15.6 Å². The molecule has 164 valence electrons. The van der Waals surface area contributed by atoms with Gasteiger partial charge in [-0.15, -0.1) is 11.3 Å². The first-order chi connectivity index (χ1) is 15.4. The lowest BCUT2D eigenvalue weighted by Crippen LogP contribution is -2.32. The first-order valence-electron chi connectivity index (χ1n) is 10.2. The predicted molar refractivity (Wildman–Crippen MR) is 124 cm³/mol. The van der Waals surface area contributed by atoms with Crippen molar-refractivity contribution in [3.63, 3.8) is 0 Å². The third kappa shape index (κ3) is 4.01. The minimum absolute atomic E-state index is 0.00509. The Balaban J connectivity index is 1.71. The van der Waals surface area contributed by atoms with Crippen molar-refractivity contribution in [2.45, 2.75) is 32.6 Å². The summed E-state index contributed by atoms with van der Waals surface area (Å²) in [6, 6.07) is 11.6. The van der Waals surface area contributed by atoms with Crippen molar-refractivity contribution >= 4 is 27.4 Å². The zero-order valence-electron chi connectivity index (χ0n) is 18.0. The van der Waals surface area contributed by atoms with E-state index < -0.39 is 16.8 Å². The van der Waals surface area contributed by atoms with Crippen LogP contribution < -0.4 is 5.32 Å². The van der Waals surface area contributed by atoms with E-state index in [1.54, 1.807) is 26.2 Å². The number of carbonyl (C=O) groups is 1. The number of pyridine rings is 1. The van der Waals surface area contributed by atoms with Gasteiger partial charge in [0, 0.05) is 34.1 Å². The number of esters is 1. The van der Waals surface area contributed by atoms with E-state index in [-0.39, 0.29) is 23.8 Å². The molecule has 0 radical (unpaired) electrons. The molecule has 7 nitrogen and oxygen atoms in total. The predicted octanol–water partition coefficient (Wildman–Crippen LogP) is 5.11. The molecular formula is C24H23N3O4S. The Kier molecular flexibility index (Phi) is 6.05. The first kappa shape index (κ1) is 21.7.